The van der Waals surface area contributed by atoms with Gasteiger partial charge in [0.25, 0.3) is 11.2 Å². The Morgan fingerprint density at radius 1 is 1.40 bits per heavy atom. The van der Waals surface area contributed by atoms with Gasteiger partial charge in [0.05, 0.1) is 21.7 Å². The van der Waals surface area contributed by atoms with Crippen molar-refractivity contribution in [1.29, 1.82) is 0 Å². The van der Waals surface area contributed by atoms with E-state index in [4.69, 9.17) is 0 Å². The molecule has 0 bridgehead atoms. The van der Waals surface area contributed by atoms with Crippen molar-refractivity contribution in [2.75, 3.05) is 11.1 Å². The number of hydrogen-bond donors (Lipinski definition) is 1. The second kappa shape index (κ2) is 8.52. The number of non-ortho nitro benzene ring substituents is 1. The maximum absolute atomic E-state index is 13.9. The Hall–Kier alpha value is -2.79. The Kier molecular flexibility index (Phi) is 6.22. The third kappa shape index (κ3) is 4.21. The highest BCUT2D eigenvalue weighted by Gasteiger charge is 2.20. The van der Waals surface area contributed by atoms with Crippen molar-refractivity contribution in [3.63, 3.8) is 0 Å². The van der Waals surface area contributed by atoms with Gasteiger partial charge < -0.3 is 5.32 Å². The molecular weight excluding hydrogens is 431 g/mol. The molecule has 0 aliphatic carbocycles. The zero-order chi connectivity index (χ0) is 22.2. The summed E-state index contributed by atoms with van der Waals surface area (Å²) in [5.41, 5.74) is 0.134. The molecule has 0 spiro atoms. The van der Waals surface area contributed by atoms with Gasteiger partial charge in [-0.3, -0.25) is 24.3 Å². The molecule has 11 heteroatoms. The SMILES string of the molecule is Cc1sc2nc(SCC(=O)Nc3cc([N+](=O)[O-])ccc3F)n(C(C)C)c(=O)c2c1C. The molecule has 2 aromatic heterocycles. The van der Waals surface area contributed by atoms with Gasteiger partial charge in [-0.2, -0.15) is 0 Å². The minimum atomic E-state index is -0.776. The summed E-state index contributed by atoms with van der Waals surface area (Å²) in [6, 6.07) is 2.73. The first kappa shape index (κ1) is 21.9. The maximum Gasteiger partial charge on any atom is 0.271 e. The Morgan fingerprint density at radius 2 is 2.10 bits per heavy atom. The molecule has 0 radical (unpaired) electrons. The van der Waals surface area contributed by atoms with Crippen molar-refractivity contribution >= 4 is 50.6 Å². The number of benzene rings is 1. The first-order chi connectivity index (χ1) is 14.1. The van der Waals surface area contributed by atoms with E-state index in [1.165, 1.54) is 15.9 Å². The van der Waals surface area contributed by atoms with Gasteiger partial charge in [0.15, 0.2) is 5.16 Å². The van der Waals surface area contributed by atoms with E-state index in [9.17, 15) is 24.1 Å². The van der Waals surface area contributed by atoms with Crippen LogP contribution in [0.5, 0.6) is 0 Å². The highest BCUT2D eigenvalue weighted by molar-refractivity contribution is 7.99. The Morgan fingerprint density at radius 3 is 2.73 bits per heavy atom. The van der Waals surface area contributed by atoms with Gasteiger partial charge in [0, 0.05) is 23.1 Å². The van der Waals surface area contributed by atoms with Crippen LogP contribution in [0.4, 0.5) is 15.8 Å². The van der Waals surface area contributed by atoms with E-state index in [0.29, 0.717) is 15.4 Å². The van der Waals surface area contributed by atoms with Crippen LogP contribution in [-0.2, 0) is 4.79 Å². The smallest absolute Gasteiger partial charge is 0.271 e. The van der Waals surface area contributed by atoms with Gasteiger partial charge in [-0.25, -0.2) is 9.37 Å². The van der Waals surface area contributed by atoms with Crippen molar-refractivity contribution in [2.24, 2.45) is 0 Å². The summed E-state index contributed by atoms with van der Waals surface area (Å²) in [4.78, 5) is 41.7. The lowest BCUT2D eigenvalue weighted by Gasteiger charge is -2.15. The van der Waals surface area contributed by atoms with Crippen molar-refractivity contribution < 1.29 is 14.1 Å². The highest BCUT2D eigenvalue weighted by atomic mass is 32.2. The zero-order valence-corrected chi connectivity index (χ0v) is 18.3. The van der Waals surface area contributed by atoms with Gasteiger partial charge in [-0.05, 0) is 39.3 Å². The van der Waals surface area contributed by atoms with Crippen LogP contribution in [0.1, 0.15) is 30.3 Å². The number of aryl methyl sites for hydroxylation is 2. The van der Waals surface area contributed by atoms with Crippen LogP contribution in [0, 0.1) is 29.8 Å². The summed E-state index contributed by atoms with van der Waals surface area (Å²) in [6.45, 7) is 7.52. The van der Waals surface area contributed by atoms with E-state index >= 15 is 0 Å². The number of amides is 1. The monoisotopic (exact) mass is 450 g/mol. The largest absolute Gasteiger partial charge is 0.323 e. The van der Waals surface area contributed by atoms with Crippen LogP contribution in [0.25, 0.3) is 10.2 Å². The van der Waals surface area contributed by atoms with Crippen molar-refractivity contribution in [1.82, 2.24) is 9.55 Å². The maximum atomic E-state index is 13.9. The van der Waals surface area contributed by atoms with Gasteiger partial charge in [0.2, 0.25) is 5.91 Å². The molecule has 0 fully saturated rings. The number of nitrogens with zero attached hydrogens (tertiary/aromatic N) is 3. The fourth-order valence-corrected chi connectivity index (χ4v) is 4.88. The van der Waals surface area contributed by atoms with Gasteiger partial charge in [-0.1, -0.05) is 11.8 Å². The fourth-order valence-electron chi connectivity index (χ4n) is 2.88. The first-order valence-corrected chi connectivity index (χ1v) is 10.8. The van der Waals surface area contributed by atoms with Crippen molar-refractivity contribution in [3.05, 3.63) is 54.9 Å². The van der Waals surface area contributed by atoms with E-state index in [-0.39, 0.29) is 28.7 Å². The van der Waals surface area contributed by atoms with E-state index in [1.54, 1.807) is 0 Å². The molecule has 3 aromatic rings. The molecule has 3 rings (SSSR count). The molecular formula is C19H19FN4O4S2. The summed E-state index contributed by atoms with van der Waals surface area (Å²) < 4.78 is 15.4. The zero-order valence-electron chi connectivity index (χ0n) is 16.7. The van der Waals surface area contributed by atoms with E-state index < -0.39 is 16.6 Å². The Labute approximate surface area is 179 Å². The van der Waals surface area contributed by atoms with Crippen molar-refractivity contribution in [3.8, 4) is 0 Å². The van der Waals surface area contributed by atoms with E-state index in [0.717, 1.165) is 40.4 Å². The summed E-state index contributed by atoms with van der Waals surface area (Å²) in [7, 11) is 0. The second-order valence-corrected chi connectivity index (χ2v) is 9.03. The van der Waals surface area contributed by atoms with Crippen LogP contribution in [-0.4, -0.2) is 26.1 Å². The predicted molar refractivity (Wildman–Crippen MR) is 116 cm³/mol. The molecule has 0 saturated carbocycles. The Balaban J connectivity index is 1.86. The molecule has 1 N–H and O–H groups in total. The lowest BCUT2D eigenvalue weighted by Crippen LogP contribution is -2.25. The van der Waals surface area contributed by atoms with Crippen LogP contribution < -0.4 is 10.9 Å². The van der Waals surface area contributed by atoms with Gasteiger partial charge >= 0.3 is 0 Å². The number of carbonyl (C=O) groups is 1. The standard InChI is InChI=1S/C19H19FN4O4S2/c1-9(2)23-18(26)16-10(3)11(4)30-17(16)22-19(23)29-8-15(25)21-14-7-12(24(27)28)5-6-13(14)20/h5-7,9H,8H2,1-4H3,(H,21,25). The van der Waals surface area contributed by atoms with Crippen LogP contribution in [0.3, 0.4) is 0 Å². The molecule has 1 amide bonds. The second-order valence-electron chi connectivity index (χ2n) is 6.88. The quantitative estimate of drug-likeness (QED) is 0.258. The molecule has 158 valence electrons. The van der Waals surface area contributed by atoms with Crippen molar-refractivity contribution in [2.45, 2.75) is 38.9 Å². The van der Waals surface area contributed by atoms with Gasteiger partial charge in [-0.15, -0.1) is 11.3 Å². The number of thioether (sulfide) groups is 1. The number of nitro groups is 1. The van der Waals surface area contributed by atoms with Gasteiger partial charge in [0.1, 0.15) is 10.6 Å². The highest BCUT2D eigenvalue weighted by Crippen LogP contribution is 2.29. The average molecular weight is 451 g/mol. The molecule has 2 heterocycles. The summed E-state index contributed by atoms with van der Waals surface area (Å²) in [5, 5.41) is 14.2. The van der Waals surface area contributed by atoms with Crippen LogP contribution >= 0.6 is 23.1 Å². The number of nitrogens with one attached hydrogen (secondary N) is 1. The number of anilines is 1. The minimum Gasteiger partial charge on any atom is -0.323 e. The Bertz CT molecular complexity index is 1220. The summed E-state index contributed by atoms with van der Waals surface area (Å²) >= 11 is 2.47. The normalized spacial score (nSPS) is 11.3. The third-order valence-electron chi connectivity index (χ3n) is 4.49. The molecule has 8 nitrogen and oxygen atoms in total. The number of hydrogen-bond acceptors (Lipinski definition) is 7. The summed E-state index contributed by atoms with van der Waals surface area (Å²) in [6.07, 6.45) is 0. The van der Waals surface area contributed by atoms with Crippen LogP contribution in [0.15, 0.2) is 28.2 Å². The van der Waals surface area contributed by atoms with E-state index in [2.05, 4.69) is 10.3 Å². The van der Waals surface area contributed by atoms with Crippen LogP contribution in [0.2, 0.25) is 0 Å². The number of rotatable bonds is 6. The lowest BCUT2D eigenvalue weighted by molar-refractivity contribution is -0.384. The number of halogens is 1. The first-order valence-electron chi connectivity index (χ1n) is 8.99. The number of carbonyl (C=O) groups excluding carboxylic acids is 1. The number of fused-ring (bicyclic) bond motifs is 1. The third-order valence-corrected chi connectivity index (χ3v) is 6.54. The average Bonchev–Trinajstić information content (AvgIpc) is 2.95. The molecule has 0 aliphatic heterocycles. The molecule has 0 saturated heterocycles. The number of thiophene rings is 1. The number of nitro benzene ring substituents is 1. The topological polar surface area (TPSA) is 107 Å². The minimum absolute atomic E-state index is 0.143. The van der Waals surface area contributed by atoms with E-state index in [1.807, 2.05) is 27.7 Å². The molecule has 0 atom stereocenters. The predicted octanol–water partition coefficient (Wildman–Crippen LogP) is 4.43. The molecule has 0 aliphatic rings. The molecule has 30 heavy (non-hydrogen) atoms. The lowest BCUT2D eigenvalue weighted by atomic mass is 10.2. The molecule has 1 aromatic carbocycles. The number of aromatic nitrogens is 2. The molecule has 0 unspecified atom stereocenters. The fraction of sp³-hybridized carbons (Fsp3) is 0.316. The summed E-state index contributed by atoms with van der Waals surface area (Å²) in [5.74, 6) is -1.49.